The smallest absolute Gasteiger partial charge is 0.313 e. The third-order valence-corrected chi connectivity index (χ3v) is 4.20. The van der Waals surface area contributed by atoms with Gasteiger partial charge in [-0.05, 0) is 38.5 Å². The lowest BCUT2D eigenvalue weighted by Gasteiger charge is -2.38. The molecule has 0 saturated heterocycles. The Morgan fingerprint density at radius 2 is 1.88 bits per heavy atom. The maximum absolute atomic E-state index is 11.5. The number of hydrogen-bond acceptors (Lipinski definition) is 2. The summed E-state index contributed by atoms with van der Waals surface area (Å²) < 4.78 is 0. The number of aliphatic hydroxyl groups is 1. The van der Waals surface area contributed by atoms with E-state index in [2.05, 4.69) is 6.08 Å². The fraction of sp³-hybridized carbons (Fsp3) is 0.786. The number of carbonyl (C=O) groups is 1. The summed E-state index contributed by atoms with van der Waals surface area (Å²) in [5.74, 6) is -1.51. The van der Waals surface area contributed by atoms with Crippen LogP contribution in [0.15, 0.2) is 11.6 Å². The fourth-order valence-electron chi connectivity index (χ4n) is 3.31. The van der Waals surface area contributed by atoms with Crippen LogP contribution in [-0.4, -0.2) is 21.8 Å². The summed E-state index contributed by atoms with van der Waals surface area (Å²) in [6.45, 7) is 0. The van der Waals surface area contributed by atoms with Crippen LogP contribution < -0.4 is 0 Å². The van der Waals surface area contributed by atoms with Crippen molar-refractivity contribution in [3.05, 3.63) is 11.6 Å². The molecule has 3 nitrogen and oxygen atoms in total. The molecule has 1 unspecified atom stereocenters. The molecule has 1 fully saturated rings. The molecule has 0 radical (unpaired) electrons. The highest BCUT2D eigenvalue weighted by molar-refractivity contribution is 5.75. The van der Waals surface area contributed by atoms with Crippen LogP contribution in [0.4, 0.5) is 0 Å². The van der Waals surface area contributed by atoms with Crippen LogP contribution in [0.5, 0.6) is 0 Å². The third kappa shape index (κ3) is 2.71. The first-order valence-electron chi connectivity index (χ1n) is 6.77. The lowest BCUT2D eigenvalue weighted by atomic mass is 9.70. The van der Waals surface area contributed by atoms with E-state index in [0.29, 0.717) is 12.8 Å². The summed E-state index contributed by atoms with van der Waals surface area (Å²) in [7, 11) is 0. The first-order chi connectivity index (χ1) is 8.13. The van der Waals surface area contributed by atoms with Gasteiger partial charge >= 0.3 is 5.97 Å². The molecule has 1 saturated carbocycles. The Morgan fingerprint density at radius 1 is 1.18 bits per heavy atom. The minimum Gasteiger partial charge on any atom is -0.481 e. The second kappa shape index (κ2) is 5.21. The molecule has 96 valence electrons. The molecule has 2 N–H and O–H groups in total. The lowest BCUT2D eigenvalue weighted by molar-refractivity contribution is -0.151. The van der Waals surface area contributed by atoms with E-state index in [1.54, 1.807) is 0 Å². The van der Waals surface area contributed by atoms with Gasteiger partial charge < -0.3 is 10.2 Å². The summed E-state index contributed by atoms with van der Waals surface area (Å²) in [4.78, 5) is 11.5. The number of hydrogen-bond donors (Lipinski definition) is 2. The number of aliphatic carboxylic acids is 1. The van der Waals surface area contributed by atoms with Crippen LogP contribution in [0.25, 0.3) is 0 Å². The molecular formula is C14H22O3. The van der Waals surface area contributed by atoms with Crippen molar-refractivity contribution in [2.75, 3.05) is 0 Å². The summed E-state index contributed by atoms with van der Waals surface area (Å²) in [5.41, 5.74) is -0.0269. The van der Waals surface area contributed by atoms with Crippen LogP contribution >= 0.6 is 0 Å². The van der Waals surface area contributed by atoms with Gasteiger partial charge in [-0.1, -0.05) is 30.9 Å². The average Bonchev–Trinajstić information content (AvgIpc) is 2.30. The Kier molecular flexibility index (Phi) is 3.87. The van der Waals surface area contributed by atoms with Crippen LogP contribution in [0.3, 0.4) is 0 Å². The quantitative estimate of drug-likeness (QED) is 0.743. The van der Waals surface area contributed by atoms with E-state index < -0.39 is 17.5 Å². The molecule has 0 aromatic heterocycles. The van der Waals surface area contributed by atoms with Crippen LogP contribution in [0, 0.1) is 5.92 Å². The fourth-order valence-corrected chi connectivity index (χ4v) is 3.31. The lowest BCUT2D eigenvalue weighted by Crippen LogP contribution is -2.45. The van der Waals surface area contributed by atoms with Crippen LogP contribution in [0.2, 0.25) is 0 Å². The van der Waals surface area contributed by atoms with Gasteiger partial charge in [-0.15, -0.1) is 0 Å². The topological polar surface area (TPSA) is 57.5 Å². The van der Waals surface area contributed by atoms with Crippen molar-refractivity contribution in [3.63, 3.8) is 0 Å². The normalized spacial score (nSPS) is 26.1. The molecule has 1 atom stereocenters. The van der Waals surface area contributed by atoms with Gasteiger partial charge in [-0.25, -0.2) is 0 Å². The van der Waals surface area contributed by atoms with E-state index >= 15 is 0 Å². The molecule has 0 aromatic carbocycles. The predicted octanol–water partition coefficient (Wildman–Crippen LogP) is 2.88. The Balaban J connectivity index is 2.21. The van der Waals surface area contributed by atoms with Crippen molar-refractivity contribution >= 4 is 5.97 Å². The first kappa shape index (κ1) is 12.6. The molecule has 0 aliphatic heterocycles. The van der Waals surface area contributed by atoms with Gasteiger partial charge in [0, 0.05) is 0 Å². The number of carboxylic acids is 1. The summed E-state index contributed by atoms with van der Waals surface area (Å²) >= 11 is 0. The minimum absolute atomic E-state index is 0.640. The van der Waals surface area contributed by atoms with E-state index in [0.717, 1.165) is 50.5 Å². The molecular weight excluding hydrogens is 216 g/mol. The minimum atomic E-state index is -0.993. The Bertz CT molecular complexity index is 313. The highest BCUT2D eigenvalue weighted by Crippen LogP contribution is 2.40. The average molecular weight is 238 g/mol. The molecule has 2 aliphatic rings. The van der Waals surface area contributed by atoms with E-state index in [1.807, 2.05) is 0 Å². The van der Waals surface area contributed by atoms with Crippen LogP contribution in [0.1, 0.15) is 57.8 Å². The maximum Gasteiger partial charge on any atom is 0.313 e. The number of rotatable bonds is 3. The summed E-state index contributed by atoms with van der Waals surface area (Å²) in [6.07, 6.45) is 10.4. The zero-order valence-electron chi connectivity index (χ0n) is 10.3. The van der Waals surface area contributed by atoms with Gasteiger partial charge in [-0.3, -0.25) is 4.79 Å². The Morgan fingerprint density at radius 3 is 2.41 bits per heavy atom. The molecule has 0 spiro atoms. The van der Waals surface area contributed by atoms with Crippen molar-refractivity contribution in [3.8, 4) is 0 Å². The molecule has 0 amide bonds. The number of allylic oxidation sites excluding steroid dienone is 1. The Hall–Kier alpha value is -0.830. The second-order valence-corrected chi connectivity index (χ2v) is 5.46. The monoisotopic (exact) mass is 238 g/mol. The molecule has 17 heavy (non-hydrogen) atoms. The summed E-state index contributed by atoms with van der Waals surface area (Å²) in [5, 5.41) is 20.1. The maximum atomic E-state index is 11.5. The van der Waals surface area contributed by atoms with Gasteiger partial charge in [0.25, 0.3) is 0 Å². The van der Waals surface area contributed by atoms with Crippen molar-refractivity contribution in [2.24, 2.45) is 5.92 Å². The molecule has 3 heteroatoms. The molecule has 2 aliphatic carbocycles. The highest BCUT2D eigenvalue weighted by Gasteiger charge is 2.44. The van der Waals surface area contributed by atoms with E-state index in [-0.39, 0.29) is 0 Å². The predicted molar refractivity (Wildman–Crippen MR) is 65.7 cm³/mol. The molecule has 0 heterocycles. The van der Waals surface area contributed by atoms with Crippen molar-refractivity contribution in [2.45, 2.75) is 63.4 Å². The zero-order chi connectivity index (χ0) is 12.3. The standard InChI is InChI=1S/C14H22O3/c15-13(16)12(11-7-3-1-4-8-11)14(17)9-5-2-6-10-14/h7,12,17H,1-6,8-10H2,(H,15,16). The second-order valence-electron chi connectivity index (χ2n) is 5.46. The van der Waals surface area contributed by atoms with Gasteiger partial charge in [0.2, 0.25) is 0 Å². The highest BCUT2D eigenvalue weighted by atomic mass is 16.4. The van der Waals surface area contributed by atoms with Gasteiger partial charge in [-0.2, -0.15) is 0 Å². The third-order valence-electron chi connectivity index (χ3n) is 4.20. The molecule has 0 bridgehead atoms. The first-order valence-corrected chi connectivity index (χ1v) is 6.77. The van der Waals surface area contributed by atoms with E-state index in [1.165, 1.54) is 0 Å². The van der Waals surface area contributed by atoms with Gasteiger partial charge in [0.1, 0.15) is 5.92 Å². The zero-order valence-corrected chi connectivity index (χ0v) is 10.3. The number of carboxylic acid groups (broad SMARTS) is 1. The van der Waals surface area contributed by atoms with Gasteiger partial charge in [0.15, 0.2) is 0 Å². The molecule has 2 rings (SSSR count). The van der Waals surface area contributed by atoms with Crippen molar-refractivity contribution in [1.29, 1.82) is 0 Å². The Labute approximate surface area is 103 Å². The van der Waals surface area contributed by atoms with Crippen molar-refractivity contribution < 1.29 is 15.0 Å². The van der Waals surface area contributed by atoms with E-state index in [9.17, 15) is 15.0 Å². The van der Waals surface area contributed by atoms with Crippen LogP contribution in [-0.2, 0) is 4.79 Å². The largest absolute Gasteiger partial charge is 0.481 e. The van der Waals surface area contributed by atoms with Crippen molar-refractivity contribution in [1.82, 2.24) is 0 Å². The van der Waals surface area contributed by atoms with E-state index in [4.69, 9.17) is 0 Å². The molecule has 0 aromatic rings. The SMILES string of the molecule is O=C(O)C(C1=CCCCC1)C1(O)CCCCC1. The summed E-state index contributed by atoms with van der Waals surface area (Å²) in [6, 6.07) is 0. The van der Waals surface area contributed by atoms with Gasteiger partial charge in [0.05, 0.1) is 5.60 Å².